The van der Waals surface area contributed by atoms with Gasteiger partial charge < -0.3 is 14.5 Å². The lowest BCUT2D eigenvalue weighted by molar-refractivity contribution is 0.0549. The molecule has 0 radical (unpaired) electrons. The van der Waals surface area contributed by atoms with Gasteiger partial charge in [0.1, 0.15) is 0 Å². The molecule has 1 amide bonds. The van der Waals surface area contributed by atoms with Crippen molar-refractivity contribution < 1.29 is 14.4 Å². The van der Waals surface area contributed by atoms with E-state index in [9.17, 15) is 9.90 Å². The summed E-state index contributed by atoms with van der Waals surface area (Å²) in [6.07, 6.45) is 0.603. The highest BCUT2D eigenvalue weighted by Crippen LogP contribution is 2.22. The van der Waals surface area contributed by atoms with Crippen LogP contribution in [0.4, 0.5) is 0 Å². The van der Waals surface area contributed by atoms with Gasteiger partial charge in [-0.25, -0.2) is 0 Å². The fraction of sp³-hybridized carbons (Fsp3) is 0.600. The van der Waals surface area contributed by atoms with Crippen LogP contribution in [0.5, 0.6) is 0 Å². The van der Waals surface area contributed by atoms with E-state index in [0.29, 0.717) is 25.2 Å². The van der Waals surface area contributed by atoms with Gasteiger partial charge in [0.15, 0.2) is 0 Å². The monoisotopic (exact) mass is 210 g/mol. The molecule has 0 aliphatic carbocycles. The molecule has 1 fully saturated rings. The summed E-state index contributed by atoms with van der Waals surface area (Å²) in [5.74, 6) is 0.0403. The number of hydrogen-bond donors (Lipinski definition) is 1. The third-order valence-electron chi connectivity index (χ3n) is 2.58. The molecule has 5 heteroatoms. The first-order chi connectivity index (χ1) is 6.98. The van der Waals surface area contributed by atoms with Crippen molar-refractivity contribution in [2.45, 2.75) is 25.9 Å². The molecule has 0 saturated carbocycles. The highest BCUT2D eigenvalue weighted by Gasteiger charge is 2.35. The zero-order valence-corrected chi connectivity index (χ0v) is 8.86. The molecule has 0 spiro atoms. The number of aromatic nitrogens is 1. The number of β-amino-alcohol motifs (C(OH)–C–C–N with tert-alkyl or cyclic N) is 1. The number of rotatable bonds is 1. The molecule has 2 rings (SSSR count). The van der Waals surface area contributed by atoms with E-state index in [2.05, 4.69) is 5.16 Å². The predicted molar refractivity (Wildman–Crippen MR) is 52.4 cm³/mol. The summed E-state index contributed by atoms with van der Waals surface area (Å²) in [7, 11) is 0. The molecule has 1 N–H and O–H groups in total. The summed E-state index contributed by atoms with van der Waals surface area (Å²) in [5.41, 5.74) is -0.0885. The van der Waals surface area contributed by atoms with E-state index in [1.807, 2.05) is 0 Å². The molecule has 1 aromatic rings. The van der Waals surface area contributed by atoms with Gasteiger partial charge >= 0.3 is 0 Å². The fourth-order valence-electron chi connectivity index (χ4n) is 1.74. The van der Waals surface area contributed by atoms with Crippen LogP contribution in [0.2, 0.25) is 0 Å². The maximum Gasteiger partial charge on any atom is 0.292 e. The van der Waals surface area contributed by atoms with Gasteiger partial charge in [-0.1, -0.05) is 5.16 Å². The van der Waals surface area contributed by atoms with Crippen molar-refractivity contribution in [2.24, 2.45) is 0 Å². The highest BCUT2D eigenvalue weighted by molar-refractivity contribution is 5.91. The molecule has 0 bridgehead atoms. The highest BCUT2D eigenvalue weighted by atomic mass is 16.5. The fourth-order valence-corrected chi connectivity index (χ4v) is 1.74. The first-order valence-electron chi connectivity index (χ1n) is 4.93. The Morgan fingerprint density at radius 3 is 2.93 bits per heavy atom. The Balaban J connectivity index is 2.10. The first kappa shape index (κ1) is 10.2. The molecule has 2 heterocycles. The standard InChI is InChI=1S/C10H14N2O3/c1-7-5-8(15-11-7)9(13)12-4-3-10(2,14)6-12/h5,14H,3-4,6H2,1-2H3. The summed E-state index contributed by atoms with van der Waals surface area (Å²) in [5, 5.41) is 13.4. The molecule has 1 saturated heterocycles. The number of nitrogens with zero attached hydrogens (tertiary/aromatic N) is 2. The van der Waals surface area contributed by atoms with Gasteiger partial charge in [0.05, 0.1) is 11.3 Å². The third-order valence-corrected chi connectivity index (χ3v) is 2.58. The van der Waals surface area contributed by atoms with E-state index in [0.717, 1.165) is 0 Å². The predicted octanol–water partition coefficient (Wildman–Crippen LogP) is 0.580. The zero-order chi connectivity index (χ0) is 11.1. The Morgan fingerprint density at radius 2 is 2.47 bits per heavy atom. The molecule has 82 valence electrons. The van der Waals surface area contributed by atoms with Crippen molar-refractivity contribution >= 4 is 5.91 Å². The van der Waals surface area contributed by atoms with Gasteiger partial charge in [0.2, 0.25) is 5.76 Å². The number of carbonyl (C=O) groups is 1. The quantitative estimate of drug-likeness (QED) is 0.736. The van der Waals surface area contributed by atoms with Crippen LogP contribution >= 0.6 is 0 Å². The Hall–Kier alpha value is -1.36. The van der Waals surface area contributed by atoms with E-state index < -0.39 is 5.60 Å². The Bertz CT molecular complexity index is 384. The number of carbonyl (C=O) groups excluding carboxylic acids is 1. The molecule has 1 aliphatic rings. The second kappa shape index (κ2) is 3.34. The average Bonchev–Trinajstić information content (AvgIpc) is 2.71. The first-order valence-corrected chi connectivity index (χ1v) is 4.93. The maximum atomic E-state index is 11.8. The Kier molecular flexibility index (Phi) is 2.26. The lowest BCUT2D eigenvalue weighted by Crippen LogP contribution is -2.33. The molecular formula is C10H14N2O3. The number of hydrogen-bond acceptors (Lipinski definition) is 4. The number of likely N-dealkylation sites (tertiary alicyclic amines) is 1. The van der Waals surface area contributed by atoms with E-state index in [-0.39, 0.29) is 11.7 Å². The van der Waals surface area contributed by atoms with Crippen LogP contribution in [0.1, 0.15) is 29.6 Å². The summed E-state index contributed by atoms with van der Waals surface area (Å²) in [6, 6.07) is 1.61. The van der Waals surface area contributed by atoms with Gasteiger partial charge in [-0.15, -0.1) is 0 Å². The van der Waals surface area contributed by atoms with Crippen LogP contribution in [-0.2, 0) is 0 Å². The van der Waals surface area contributed by atoms with Crippen molar-refractivity contribution in [3.8, 4) is 0 Å². The number of aliphatic hydroxyl groups is 1. The van der Waals surface area contributed by atoms with Crippen molar-refractivity contribution in [3.05, 3.63) is 17.5 Å². The Morgan fingerprint density at radius 1 is 1.73 bits per heavy atom. The molecule has 5 nitrogen and oxygen atoms in total. The van der Waals surface area contributed by atoms with E-state index in [1.54, 1.807) is 24.8 Å². The second-order valence-electron chi connectivity index (χ2n) is 4.31. The van der Waals surface area contributed by atoms with Gasteiger partial charge in [0.25, 0.3) is 5.91 Å². The SMILES string of the molecule is Cc1cc(C(=O)N2CCC(C)(O)C2)on1. The van der Waals surface area contributed by atoms with Crippen LogP contribution in [-0.4, -0.2) is 39.8 Å². The van der Waals surface area contributed by atoms with Gasteiger partial charge in [0, 0.05) is 19.2 Å². The van der Waals surface area contributed by atoms with Crippen LogP contribution in [0, 0.1) is 6.92 Å². The van der Waals surface area contributed by atoms with Crippen molar-refractivity contribution in [1.29, 1.82) is 0 Å². The minimum atomic E-state index is -0.773. The molecule has 1 aromatic heterocycles. The number of amides is 1. The largest absolute Gasteiger partial charge is 0.388 e. The molecule has 1 aliphatic heterocycles. The summed E-state index contributed by atoms with van der Waals surface area (Å²) >= 11 is 0. The summed E-state index contributed by atoms with van der Waals surface area (Å²) < 4.78 is 4.88. The van der Waals surface area contributed by atoms with Gasteiger partial charge in [-0.2, -0.15) is 0 Å². The van der Waals surface area contributed by atoms with Crippen LogP contribution in [0.25, 0.3) is 0 Å². The zero-order valence-electron chi connectivity index (χ0n) is 8.86. The second-order valence-corrected chi connectivity index (χ2v) is 4.31. The minimum Gasteiger partial charge on any atom is -0.388 e. The summed E-state index contributed by atoms with van der Waals surface area (Å²) in [4.78, 5) is 13.4. The van der Waals surface area contributed by atoms with Crippen LogP contribution in [0.15, 0.2) is 10.6 Å². The summed E-state index contributed by atoms with van der Waals surface area (Å²) in [6.45, 7) is 4.41. The van der Waals surface area contributed by atoms with Gasteiger partial charge in [-0.05, 0) is 20.3 Å². The maximum absolute atomic E-state index is 11.8. The number of aryl methyl sites for hydroxylation is 1. The van der Waals surface area contributed by atoms with E-state index in [4.69, 9.17) is 4.52 Å². The third kappa shape index (κ3) is 2.02. The Labute approximate surface area is 87.7 Å². The van der Waals surface area contributed by atoms with Crippen LogP contribution < -0.4 is 0 Å². The minimum absolute atomic E-state index is 0.201. The van der Waals surface area contributed by atoms with Crippen molar-refractivity contribution in [3.63, 3.8) is 0 Å². The van der Waals surface area contributed by atoms with E-state index >= 15 is 0 Å². The molecular weight excluding hydrogens is 196 g/mol. The van der Waals surface area contributed by atoms with Crippen molar-refractivity contribution in [2.75, 3.05) is 13.1 Å². The molecule has 1 atom stereocenters. The molecule has 0 aromatic carbocycles. The lowest BCUT2D eigenvalue weighted by atomic mass is 10.1. The van der Waals surface area contributed by atoms with Crippen LogP contribution in [0.3, 0.4) is 0 Å². The van der Waals surface area contributed by atoms with Crippen molar-refractivity contribution in [1.82, 2.24) is 10.1 Å². The molecule has 15 heavy (non-hydrogen) atoms. The average molecular weight is 210 g/mol. The normalized spacial score (nSPS) is 25.9. The van der Waals surface area contributed by atoms with Gasteiger partial charge in [-0.3, -0.25) is 4.79 Å². The lowest BCUT2D eigenvalue weighted by Gasteiger charge is -2.17. The topological polar surface area (TPSA) is 66.6 Å². The smallest absolute Gasteiger partial charge is 0.292 e. The van der Waals surface area contributed by atoms with E-state index in [1.165, 1.54) is 0 Å². The molecule has 1 unspecified atom stereocenters.